The van der Waals surface area contributed by atoms with E-state index in [0.29, 0.717) is 11.4 Å². The Labute approximate surface area is 161 Å². The Hall–Kier alpha value is -3.93. The van der Waals surface area contributed by atoms with Gasteiger partial charge in [0.25, 0.3) is 17.7 Å². The van der Waals surface area contributed by atoms with Crippen LogP contribution in [-0.2, 0) is 0 Å². The second kappa shape index (κ2) is 6.66. The molecule has 0 saturated carbocycles. The topological polar surface area (TPSA) is 86.7 Å². The molecule has 0 spiro atoms. The van der Waals surface area contributed by atoms with E-state index in [2.05, 4.69) is 5.32 Å². The highest BCUT2D eigenvalue weighted by Crippen LogP contribution is 2.31. The normalized spacial score (nSPS) is 12.8. The third-order valence-corrected chi connectivity index (χ3v) is 4.61. The van der Waals surface area contributed by atoms with Gasteiger partial charge in [0.05, 0.1) is 16.8 Å². The van der Waals surface area contributed by atoms with Crippen LogP contribution in [-0.4, -0.2) is 22.8 Å². The minimum atomic E-state index is -0.457. The molecule has 3 aromatic rings. The quantitative estimate of drug-likeness (QED) is 0.686. The van der Waals surface area contributed by atoms with Crippen molar-refractivity contribution < 1.29 is 19.5 Å². The zero-order chi connectivity index (χ0) is 19.8. The van der Waals surface area contributed by atoms with Gasteiger partial charge in [0.15, 0.2) is 0 Å². The average molecular weight is 372 g/mol. The van der Waals surface area contributed by atoms with Gasteiger partial charge in [0.1, 0.15) is 5.75 Å². The number of anilines is 2. The third kappa shape index (κ3) is 2.91. The van der Waals surface area contributed by atoms with Crippen LogP contribution in [0.5, 0.6) is 5.75 Å². The van der Waals surface area contributed by atoms with Crippen LogP contribution in [0.1, 0.15) is 36.6 Å². The van der Waals surface area contributed by atoms with Crippen LogP contribution < -0.4 is 10.2 Å². The summed E-state index contributed by atoms with van der Waals surface area (Å²) in [6.07, 6.45) is 0. The Morgan fingerprint density at radius 1 is 0.893 bits per heavy atom. The zero-order valence-electron chi connectivity index (χ0n) is 15.0. The van der Waals surface area contributed by atoms with E-state index in [0.717, 1.165) is 10.5 Å². The molecule has 1 aliphatic rings. The number of carbonyl (C=O) groups is 3. The van der Waals surface area contributed by atoms with Crippen molar-refractivity contribution in [2.75, 3.05) is 10.2 Å². The maximum absolute atomic E-state index is 12.9. The molecule has 0 atom stereocenters. The molecule has 0 aromatic heterocycles. The number of fused-ring (bicyclic) bond motifs is 1. The minimum absolute atomic E-state index is 0.0291. The lowest BCUT2D eigenvalue weighted by Gasteiger charge is -2.16. The van der Waals surface area contributed by atoms with Crippen LogP contribution in [0.4, 0.5) is 11.4 Å². The molecule has 6 nitrogen and oxygen atoms in total. The average Bonchev–Trinajstić information content (AvgIpc) is 2.92. The van der Waals surface area contributed by atoms with Crippen LogP contribution in [0.2, 0.25) is 0 Å². The standard InChI is InChI=1S/C22H16N2O4/c1-13-5-2-3-8-19(13)24-21(27)17-10-9-14(11-18(17)22(24)28)20(26)23-15-6-4-7-16(25)12-15/h2-12,25H,1H3,(H,23,26). The van der Waals surface area contributed by atoms with E-state index in [-0.39, 0.29) is 22.4 Å². The highest BCUT2D eigenvalue weighted by Gasteiger charge is 2.37. The van der Waals surface area contributed by atoms with Crippen molar-refractivity contribution in [3.8, 4) is 5.75 Å². The molecule has 0 fully saturated rings. The number of imide groups is 1. The van der Waals surface area contributed by atoms with E-state index < -0.39 is 17.7 Å². The fourth-order valence-electron chi connectivity index (χ4n) is 3.20. The number of hydrogen-bond acceptors (Lipinski definition) is 4. The number of rotatable bonds is 3. The van der Waals surface area contributed by atoms with Crippen molar-refractivity contribution in [2.24, 2.45) is 0 Å². The molecule has 0 bridgehead atoms. The lowest BCUT2D eigenvalue weighted by atomic mass is 10.1. The molecule has 1 aliphatic heterocycles. The van der Waals surface area contributed by atoms with E-state index in [1.54, 1.807) is 24.3 Å². The van der Waals surface area contributed by atoms with Crippen molar-refractivity contribution in [1.82, 2.24) is 0 Å². The van der Waals surface area contributed by atoms with Gasteiger partial charge in [-0.1, -0.05) is 24.3 Å². The summed E-state index contributed by atoms with van der Waals surface area (Å²) < 4.78 is 0. The molecule has 3 amide bonds. The van der Waals surface area contributed by atoms with Gasteiger partial charge in [-0.05, 0) is 48.9 Å². The molecule has 0 radical (unpaired) electrons. The first-order chi connectivity index (χ1) is 13.5. The van der Waals surface area contributed by atoms with Crippen molar-refractivity contribution >= 4 is 29.1 Å². The van der Waals surface area contributed by atoms with E-state index in [9.17, 15) is 19.5 Å². The summed E-state index contributed by atoms with van der Waals surface area (Å²) in [5, 5.41) is 12.2. The van der Waals surface area contributed by atoms with Crippen LogP contribution in [0, 0.1) is 6.92 Å². The fourth-order valence-corrected chi connectivity index (χ4v) is 3.20. The number of nitrogens with zero attached hydrogens (tertiary/aromatic N) is 1. The van der Waals surface area contributed by atoms with Crippen molar-refractivity contribution in [2.45, 2.75) is 6.92 Å². The molecule has 0 saturated heterocycles. The molecule has 3 aromatic carbocycles. The summed E-state index contributed by atoms with van der Waals surface area (Å²) in [6, 6.07) is 17.7. The number of aryl methyl sites for hydroxylation is 1. The second-order valence-corrected chi connectivity index (χ2v) is 6.50. The van der Waals surface area contributed by atoms with Crippen molar-refractivity contribution in [1.29, 1.82) is 0 Å². The highest BCUT2D eigenvalue weighted by molar-refractivity contribution is 6.35. The van der Waals surface area contributed by atoms with Crippen LogP contribution in [0.3, 0.4) is 0 Å². The SMILES string of the molecule is Cc1ccccc1N1C(=O)c2ccc(C(=O)Nc3cccc(O)c3)cc2C1=O. The first kappa shape index (κ1) is 17.5. The molecule has 0 aliphatic carbocycles. The van der Waals surface area contributed by atoms with E-state index >= 15 is 0 Å². The Morgan fingerprint density at radius 2 is 1.64 bits per heavy atom. The molecular weight excluding hydrogens is 356 g/mol. The fraction of sp³-hybridized carbons (Fsp3) is 0.0455. The number of para-hydroxylation sites is 1. The number of amides is 3. The van der Waals surface area contributed by atoms with Gasteiger partial charge >= 0.3 is 0 Å². The molecule has 28 heavy (non-hydrogen) atoms. The molecule has 1 heterocycles. The number of carbonyl (C=O) groups excluding carboxylic acids is 3. The summed E-state index contributed by atoms with van der Waals surface area (Å²) in [6.45, 7) is 1.83. The summed E-state index contributed by atoms with van der Waals surface area (Å²) in [7, 11) is 0. The lowest BCUT2D eigenvalue weighted by molar-refractivity contribution is 0.0925. The molecule has 4 rings (SSSR count). The second-order valence-electron chi connectivity index (χ2n) is 6.50. The van der Waals surface area contributed by atoms with E-state index in [4.69, 9.17) is 0 Å². The van der Waals surface area contributed by atoms with Gasteiger partial charge in [-0.2, -0.15) is 0 Å². The summed E-state index contributed by atoms with van der Waals surface area (Å²) in [5.74, 6) is -1.28. The molecule has 2 N–H and O–H groups in total. The maximum Gasteiger partial charge on any atom is 0.266 e. The number of phenolic OH excluding ortho intramolecular Hbond substituents is 1. The van der Waals surface area contributed by atoms with Gasteiger partial charge in [0.2, 0.25) is 0 Å². The van der Waals surface area contributed by atoms with Crippen LogP contribution in [0.15, 0.2) is 66.7 Å². The predicted molar refractivity (Wildman–Crippen MR) is 105 cm³/mol. The Kier molecular flexibility index (Phi) is 4.16. The molecule has 6 heteroatoms. The third-order valence-electron chi connectivity index (χ3n) is 4.61. The summed E-state index contributed by atoms with van der Waals surface area (Å²) in [4.78, 5) is 39.3. The lowest BCUT2D eigenvalue weighted by Crippen LogP contribution is -2.29. The van der Waals surface area contributed by atoms with Gasteiger partial charge in [-0.3, -0.25) is 14.4 Å². The molecule has 0 unspecified atom stereocenters. The summed E-state index contributed by atoms with van der Waals surface area (Å²) in [5.41, 5.74) is 2.46. The number of benzene rings is 3. The smallest absolute Gasteiger partial charge is 0.266 e. The van der Waals surface area contributed by atoms with E-state index in [1.807, 2.05) is 19.1 Å². The molecular formula is C22H16N2O4. The Morgan fingerprint density at radius 3 is 2.39 bits per heavy atom. The predicted octanol–water partition coefficient (Wildman–Crippen LogP) is 3.75. The van der Waals surface area contributed by atoms with Gasteiger partial charge in [0, 0.05) is 17.3 Å². The van der Waals surface area contributed by atoms with E-state index in [1.165, 1.54) is 30.3 Å². The van der Waals surface area contributed by atoms with Crippen LogP contribution >= 0.6 is 0 Å². The summed E-state index contributed by atoms with van der Waals surface area (Å²) >= 11 is 0. The van der Waals surface area contributed by atoms with Gasteiger partial charge < -0.3 is 10.4 Å². The first-order valence-corrected chi connectivity index (χ1v) is 8.64. The highest BCUT2D eigenvalue weighted by atomic mass is 16.3. The monoisotopic (exact) mass is 372 g/mol. The number of nitrogens with one attached hydrogen (secondary N) is 1. The maximum atomic E-state index is 12.9. The number of hydrogen-bond donors (Lipinski definition) is 2. The molecule has 138 valence electrons. The minimum Gasteiger partial charge on any atom is -0.508 e. The van der Waals surface area contributed by atoms with Gasteiger partial charge in [-0.15, -0.1) is 0 Å². The zero-order valence-corrected chi connectivity index (χ0v) is 15.0. The van der Waals surface area contributed by atoms with Crippen LogP contribution in [0.25, 0.3) is 0 Å². The number of phenols is 1. The van der Waals surface area contributed by atoms with Gasteiger partial charge in [-0.25, -0.2) is 4.90 Å². The number of aromatic hydroxyl groups is 1. The van der Waals surface area contributed by atoms with Crippen molar-refractivity contribution in [3.63, 3.8) is 0 Å². The largest absolute Gasteiger partial charge is 0.508 e. The Bertz CT molecular complexity index is 1140. The first-order valence-electron chi connectivity index (χ1n) is 8.64. The Balaban J connectivity index is 1.65. The van der Waals surface area contributed by atoms with Crippen molar-refractivity contribution in [3.05, 3.63) is 89.0 Å².